The highest BCUT2D eigenvalue weighted by atomic mass is 19.1. The van der Waals surface area contributed by atoms with Crippen molar-refractivity contribution in [2.75, 3.05) is 7.05 Å². The van der Waals surface area contributed by atoms with E-state index in [1.165, 1.54) is 22.9 Å². The lowest BCUT2D eigenvalue weighted by molar-refractivity contribution is 0.532. The molecule has 0 saturated carbocycles. The van der Waals surface area contributed by atoms with Crippen molar-refractivity contribution < 1.29 is 8.78 Å². The minimum absolute atomic E-state index is 0.0317. The first kappa shape index (κ1) is 12.7. The van der Waals surface area contributed by atoms with Gasteiger partial charge in [-0.1, -0.05) is 6.07 Å². The number of nitrogens with zero attached hydrogens (tertiary/aromatic N) is 2. The standard InChI is InChI=1S/C13H15F2N3/c1-9(16-2)10-6-17-18(7-10)8-11-12(14)4-3-5-13(11)15/h3-7,9,16H,8H2,1-2H3. The van der Waals surface area contributed by atoms with Crippen LogP contribution < -0.4 is 5.32 Å². The Morgan fingerprint density at radius 1 is 1.33 bits per heavy atom. The van der Waals surface area contributed by atoms with E-state index in [-0.39, 0.29) is 18.2 Å². The van der Waals surface area contributed by atoms with Gasteiger partial charge in [-0.2, -0.15) is 5.10 Å². The van der Waals surface area contributed by atoms with Crippen LogP contribution in [0.15, 0.2) is 30.6 Å². The summed E-state index contributed by atoms with van der Waals surface area (Å²) >= 11 is 0. The highest BCUT2D eigenvalue weighted by molar-refractivity contribution is 5.20. The summed E-state index contributed by atoms with van der Waals surface area (Å²) in [6.45, 7) is 2.08. The van der Waals surface area contributed by atoms with Crippen LogP contribution in [0.5, 0.6) is 0 Å². The van der Waals surface area contributed by atoms with Gasteiger partial charge in [0.1, 0.15) is 11.6 Å². The van der Waals surface area contributed by atoms with Gasteiger partial charge >= 0.3 is 0 Å². The van der Waals surface area contributed by atoms with Crippen molar-refractivity contribution in [1.29, 1.82) is 0 Å². The first-order chi connectivity index (χ1) is 8.61. The molecule has 0 spiro atoms. The number of hydrogen-bond donors (Lipinski definition) is 1. The van der Waals surface area contributed by atoms with Crippen molar-refractivity contribution in [1.82, 2.24) is 15.1 Å². The largest absolute Gasteiger partial charge is 0.313 e. The summed E-state index contributed by atoms with van der Waals surface area (Å²) in [7, 11) is 1.85. The van der Waals surface area contributed by atoms with Crippen molar-refractivity contribution >= 4 is 0 Å². The third kappa shape index (κ3) is 2.56. The molecule has 0 fully saturated rings. The highest BCUT2D eigenvalue weighted by Gasteiger charge is 2.11. The van der Waals surface area contributed by atoms with Crippen LogP contribution in [0.2, 0.25) is 0 Å². The molecule has 0 bridgehead atoms. The predicted octanol–water partition coefficient (Wildman–Crippen LogP) is 2.49. The molecule has 1 heterocycles. The third-order valence-corrected chi connectivity index (χ3v) is 2.97. The zero-order chi connectivity index (χ0) is 13.1. The number of aromatic nitrogens is 2. The van der Waals surface area contributed by atoms with Crippen LogP contribution in [-0.4, -0.2) is 16.8 Å². The second-order valence-electron chi connectivity index (χ2n) is 4.18. The molecule has 0 amide bonds. The van der Waals surface area contributed by atoms with Crippen LogP contribution in [0.25, 0.3) is 0 Å². The molecule has 96 valence electrons. The second-order valence-corrected chi connectivity index (χ2v) is 4.18. The highest BCUT2D eigenvalue weighted by Crippen LogP contribution is 2.15. The fourth-order valence-corrected chi connectivity index (χ4v) is 1.70. The zero-order valence-corrected chi connectivity index (χ0v) is 10.3. The third-order valence-electron chi connectivity index (χ3n) is 2.97. The maximum atomic E-state index is 13.5. The van der Waals surface area contributed by atoms with E-state index >= 15 is 0 Å². The molecule has 1 unspecified atom stereocenters. The van der Waals surface area contributed by atoms with Gasteiger partial charge in [-0.15, -0.1) is 0 Å². The lowest BCUT2D eigenvalue weighted by atomic mass is 10.2. The van der Waals surface area contributed by atoms with Crippen LogP contribution in [-0.2, 0) is 6.54 Å². The zero-order valence-electron chi connectivity index (χ0n) is 10.3. The lowest BCUT2D eigenvalue weighted by Crippen LogP contribution is -2.11. The minimum atomic E-state index is -0.547. The Morgan fingerprint density at radius 2 is 2.00 bits per heavy atom. The molecular formula is C13H15F2N3. The van der Waals surface area contributed by atoms with E-state index in [1.54, 1.807) is 12.4 Å². The quantitative estimate of drug-likeness (QED) is 0.904. The molecule has 1 N–H and O–H groups in total. The number of nitrogens with one attached hydrogen (secondary N) is 1. The van der Waals surface area contributed by atoms with Crippen LogP contribution in [0.4, 0.5) is 8.78 Å². The Balaban J connectivity index is 2.21. The first-order valence-corrected chi connectivity index (χ1v) is 5.74. The molecule has 2 aromatic rings. The summed E-state index contributed by atoms with van der Waals surface area (Å²) in [5.74, 6) is -1.09. The van der Waals surface area contributed by atoms with E-state index in [1.807, 2.05) is 14.0 Å². The summed E-state index contributed by atoms with van der Waals surface area (Å²) in [5, 5.41) is 7.19. The molecular weight excluding hydrogens is 236 g/mol. The van der Waals surface area contributed by atoms with Crippen LogP contribution in [0.1, 0.15) is 24.1 Å². The van der Waals surface area contributed by atoms with Crippen LogP contribution in [0.3, 0.4) is 0 Å². The van der Waals surface area contributed by atoms with Crippen LogP contribution in [0, 0.1) is 11.6 Å². The van der Waals surface area contributed by atoms with Crippen molar-refractivity contribution in [3.63, 3.8) is 0 Å². The SMILES string of the molecule is CNC(C)c1cnn(Cc2c(F)cccc2F)c1. The normalized spacial score (nSPS) is 12.7. The Morgan fingerprint density at radius 3 is 2.61 bits per heavy atom. The lowest BCUT2D eigenvalue weighted by Gasteiger charge is -2.07. The van der Waals surface area contributed by atoms with Crippen molar-refractivity contribution in [2.45, 2.75) is 19.5 Å². The molecule has 1 atom stereocenters. The molecule has 0 aliphatic rings. The number of hydrogen-bond acceptors (Lipinski definition) is 2. The molecule has 0 saturated heterocycles. The summed E-state index contributed by atoms with van der Waals surface area (Å²) in [5.41, 5.74) is 1.01. The topological polar surface area (TPSA) is 29.9 Å². The van der Waals surface area contributed by atoms with Gasteiger partial charge < -0.3 is 5.32 Å². The average molecular weight is 251 g/mol. The maximum Gasteiger partial charge on any atom is 0.131 e. The summed E-state index contributed by atoms with van der Waals surface area (Å²) in [4.78, 5) is 0. The Labute approximate surface area is 104 Å². The maximum absolute atomic E-state index is 13.5. The van der Waals surface area contributed by atoms with Gasteiger partial charge in [0.15, 0.2) is 0 Å². The molecule has 1 aromatic heterocycles. The van der Waals surface area contributed by atoms with E-state index in [0.717, 1.165) is 5.56 Å². The van der Waals surface area contributed by atoms with Gasteiger partial charge in [-0.25, -0.2) is 8.78 Å². The Kier molecular flexibility index (Phi) is 3.72. The van der Waals surface area contributed by atoms with Crippen molar-refractivity contribution in [2.24, 2.45) is 0 Å². The van der Waals surface area contributed by atoms with Gasteiger partial charge in [-0.3, -0.25) is 4.68 Å². The Hall–Kier alpha value is -1.75. The van der Waals surface area contributed by atoms with E-state index < -0.39 is 11.6 Å². The van der Waals surface area contributed by atoms with E-state index in [4.69, 9.17) is 0 Å². The number of rotatable bonds is 4. The summed E-state index contributed by atoms with van der Waals surface area (Å²) in [6.07, 6.45) is 3.48. The van der Waals surface area contributed by atoms with Gasteiger partial charge in [-0.05, 0) is 26.1 Å². The van der Waals surface area contributed by atoms with Gasteiger partial charge in [0.05, 0.1) is 12.7 Å². The molecule has 1 aromatic carbocycles. The smallest absolute Gasteiger partial charge is 0.131 e. The average Bonchev–Trinajstić information content (AvgIpc) is 2.81. The summed E-state index contributed by atoms with van der Waals surface area (Å²) < 4.78 is 28.5. The molecule has 0 aliphatic carbocycles. The van der Waals surface area contributed by atoms with E-state index in [9.17, 15) is 8.78 Å². The van der Waals surface area contributed by atoms with Gasteiger partial charge in [0.2, 0.25) is 0 Å². The minimum Gasteiger partial charge on any atom is -0.313 e. The van der Waals surface area contributed by atoms with Crippen molar-refractivity contribution in [3.05, 3.63) is 53.4 Å². The van der Waals surface area contributed by atoms with Gasteiger partial charge in [0, 0.05) is 23.4 Å². The molecule has 2 rings (SSSR count). The first-order valence-electron chi connectivity index (χ1n) is 5.74. The Bertz CT molecular complexity index is 517. The molecule has 0 radical (unpaired) electrons. The molecule has 18 heavy (non-hydrogen) atoms. The van der Waals surface area contributed by atoms with E-state index in [2.05, 4.69) is 10.4 Å². The monoisotopic (exact) mass is 251 g/mol. The number of halogens is 2. The second kappa shape index (κ2) is 5.27. The van der Waals surface area contributed by atoms with Crippen molar-refractivity contribution in [3.8, 4) is 0 Å². The molecule has 5 heteroatoms. The summed E-state index contributed by atoms with van der Waals surface area (Å²) in [6, 6.07) is 4.01. The number of benzene rings is 1. The fraction of sp³-hybridized carbons (Fsp3) is 0.308. The molecule has 0 aliphatic heterocycles. The van der Waals surface area contributed by atoms with E-state index in [0.29, 0.717) is 0 Å². The fourth-order valence-electron chi connectivity index (χ4n) is 1.70. The van der Waals surface area contributed by atoms with Gasteiger partial charge in [0.25, 0.3) is 0 Å². The molecule has 3 nitrogen and oxygen atoms in total. The van der Waals surface area contributed by atoms with Crippen LogP contribution >= 0.6 is 0 Å². The predicted molar refractivity (Wildman–Crippen MR) is 65.2 cm³/mol.